The lowest BCUT2D eigenvalue weighted by molar-refractivity contribution is -0.150. The number of hydrogen-bond acceptors (Lipinski definition) is 9. The van der Waals surface area contributed by atoms with Gasteiger partial charge in [-0.1, -0.05) is 32.6 Å². The molecule has 1 saturated heterocycles. The van der Waals surface area contributed by atoms with Gasteiger partial charge in [-0.15, -0.1) is 12.6 Å². The van der Waals surface area contributed by atoms with Gasteiger partial charge in [0.05, 0.1) is 36.9 Å². The minimum Gasteiger partial charge on any atom is -0.464 e. The van der Waals surface area contributed by atoms with Crippen LogP contribution in [0.25, 0.3) is 22.2 Å². The van der Waals surface area contributed by atoms with Crippen LogP contribution >= 0.6 is 12.6 Å². The molecule has 43 heavy (non-hydrogen) atoms. The standard InChI is InChI=1S/C33H51N5O4S/c1-11-24(30(36(6)7)22(3)40-9)31-26(19-33(4,5)21-42-32(39)27-14-13-17-34-35-27)25-18-23(29(20-43)37(8)41-10)15-16-28(25)38(31)12-2/h11,15-16,18,20,22,27,34-35,43H,1,12-14,17,19,21H2,2-10H3/b29-20-,30-24+/t22-,27-/m0/s1. The van der Waals surface area contributed by atoms with Crippen molar-refractivity contribution in [3.05, 3.63) is 58.8 Å². The number of aryl methyl sites for hydroxylation is 1. The van der Waals surface area contributed by atoms with E-state index in [4.69, 9.17) is 14.3 Å². The van der Waals surface area contributed by atoms with E-state index in [0.29, 0.717) is 6.42 Å². The fourth-order valence-corrected chi connectivity index (χ4v) is 6.14. The molecule has 2 atom stereocenters. The molecule has 1 fully saturated rings. The maximum absolute atomic E-state index is 12.9. The van der Waals surface area contributed by atoms with Gasteiger partial charge < -0.3 is 18.9 Å². The molecule has 0 radical (unpaired) electrons. The summed E-state index contributed by atoms with van der Waals surface area (Å²) in [5.74, 6) is -0.222. The molecule has 0 spiro atoms. The van der Waals surface area contributed by atoms with Gasteiger partial charge in [-0.05, 0) is 56.2 Å². The van der Waals surface area contributed by atoms with Gasteiger partial charge in [0.15, 0.2) is 0 Å². The number of carbonyl (C=O) groups excluding carboxylic acids is 1. The van der Waals surface area contributed by atoms with Gasteiger partial charge in [-0.3, -0.25) is 20.1 Å². The van der Waals surface area contributed by atoms with Gasteiger partial charge in [0.25, 0.3) is 0 Å². The zero-order chi connectivity index (χ0) is 31.9. The normalized spacial score (nSPS) is 17.4. The van der Waals surface area contributed by atoms with Crippen molar-refractivity contribution < 1.29 is 19.1 Å². The van der Waals surface area contributed by atoms with Gasteiger partial charge in [-0.25, -0.2) is 5.43 Å². The number of hydrogen-bond donors (Lipinski definition) is 3. The highest BCUT2D eigenvalue weighted by Gasteiger charge is 2.31. The second kappa shape index (κ2) is 15.3. The first-order chi connectivity index (χ1) is 20.4. The van der Waals surface area contributed by atoms with Crippen LogP contribution in [0, 0.1) is 5.41 Å². The number of rotatable bonds is 14. The SMILES string of the molecule is C=C/C(=C(/[C@H](C)OC)N(C)C)c1c(CC(C)(C)COC(=O)[C@@H]2CCCNN2)c2cc(/C(=C/S)N(C)OC)ccc2n1CC. The largest absolute Gasteiger partial charge is 0.464 e. The maximum atomic E-state index is 12.9. The monoisotopic (exact) mass is 613 g/mol. The Balaban J connectivity index is 2.24. The first-order valence-electron chi connectivity index (χ1n) is 14.9. The first kappa shape index (κ1) is 34.7. The molecular weight excluding hydrogens is 562 g/mol. The highest BCUT2D eigenvalue weighted by molar-refractivity contribution is 7.83. The summed E-state index contributed by atoms with van der Waals surface area (Å²) in [5.41, 5.74) is 13.0. The Labute approximate surface area is 263 Å². The smallest absolute Gasteiger partial charge is 0.324 e. The van der Waals surface area contributed by atoms with Crippen molar-refractivity contribution in [2.75, 3.05) is 48.5 Å². The number of aromatic nitrogens is 1. The van der Waals surface area contributed by atoms with E-state index in [0.717, 1.165) is 70.6 Å². The molecule has 0 saturated carbocycles. The number of fused-ring (bicyclic) bond motifs is 1. The van der Waals surface area contributed by atoms with Gasteiger partial charge in [-0.2, -0.15) is 0 Å². The molecule has 2 aromatic rings. The fraction of sp³-hybridized carbons (Fsp3) is 0.545. The molecule has 1 aromatic heterocycles. The molecule has 0 bridgehead atoms. The van der Waals surface area contributed by atoms with E-state index < -0.39 is 0 Å². The fourth-order valence-electron chi connectivity index (χ4n) is 5.83. The predicted molar refractivity (Wildman–Crippen MR) is 179 cm³/mol. The van der Waals surface area contributed by atoms with E-state index in [-0.39, 0.29) is 30.1 Å². The van der Waals surface area contributed by atoms with Crippen molar-refractivity contribution >= 4 is 40.8 Å². The Bertz CT molecular complexity index is 1340. The van der Waals surface area contributed by atoms with Gasteiger partial charge >= 0.3 is 5.97 Å². The number of hydroxylamine groups is 2. The number of allylic oxidation sites excluding steroid dienone is 2. The quantitative estimate of drug-likeness (QED) is 0.116. The first-order valence-corrected chi connectivity index (χ1v) is 15.5. The molecule has 0 unspecified atom stereocenters. The summed E-state index contributed by atoms with van der Waals surface area (Å²) in [6.45, 7) is 14.7. The molecule has 0 amide bonds. The minimum absolute atomic E-state index is 0.158. The molecule has 3 rings (SSSR count). The van der Waals surface area contributed by atoms with E-state index >= 15 is 0 Å². The zero-order valence-corrected chi connectivity index (χ0v) is 28.3. The second-order valence-corrected chi connectivity index (χ2v) is 12.2. The number of hydrazine groups is 1. The lowest BCUT2D eigenvalue weighted by atomic mass is 9.84. The van der Waals surface area contributed by atoms with Crippen LogP contribution in [0.4, 0.5) is 0 Å². The van der Waals surface area contributed by atoms with E-state index in [2.05, 4.69) is 85.4 Å². The highest BCUT2D eigenvalue weighted by atomic mass is 32.1. The van der Waals surface area contributed by atoms with Gasteiger partial charge in [0.2, 0.25) is 0 Å². The van der Waals surface area contributed by atoms with Crippen molar-refractivity contribution in [2.45, 2.75) is 65.6 Å². The summed E-state index contributed by atoms with van der Waals surface area (Å²) in [6, 6.07) is 6.13. The summed E-state index contributed by atoms with van der Waals surface area (Å²) < 4.78 is 14.1. The van der Waals surface area contributed by atoms with Gasteiger partial charge in [0.1, 0.15) is 6.04 Å². The Morgan fingerprint density at radius 1 is 1.28 bits per heavy atom. The van der Waals surface area contributed by atoms with E-state index in [1.54, 1.807) is 24.7 Å². The highest BCUT2D eigenvalue weighted by Crippen LogP contribution is 2.39. The maximum Gasteiger partial charge on any atom is 0.324 e. The predicted octanol–water partition coefficient (Wildman–Crippen LogP) is 5.24. The average molecular weight is 614 g/mol. The molecule has 1 aliphatic rings. The second-order valence-electron chi connectivity index (χ2n) is 12.0. The van der Waals surface area contributed by atoms with Crippen LogP contribution in [0.15, 0.2) is 42.0 Å². The van der Waals surface area contributed by atoms with Crippen LogP contribution in [0.5, 0.6) is 0 Å². The Hall–Kier alpha value is -2.76. The Morgan fingerprint density at radius 3 is 2.53 bits per heavy atom. The van der Waals surface area contributed by atoms with Crippen LogP contribution in [-0.2, 0) is 32.1 Å². The number of benzene rings is 1. The molecular formula is C33H51N5O4S. The topological polar surface area (TPSA) is 80.2 Å². The van der Waals surface area contributed by atoms with Crippen molar-refractivity contribution in [3.63, 3.8) is 0 Å². The van der Waals surface area contributed by atoms with Crippen molar-refractivity contribution in [2.24, 2.45) is 5.41 Å². The number of thiol groups is 1. The van der Waals surface area contributed by atoms with E-state index in [1.165, 1.54) is 0 Å². The molecule has 1 aliphatic heterocycles. The molecule has 1 aromatic carbocycles. The zero-order valence-electron chi connectivity index (χ0n) is 27.4. The average Bonchev–Trinajstić information content (AvgIpc) is 3.30. The summed E-state index contributed by atoms with van der Waals surface area (Å²) in [6.07, 6.45) is 4.14. The van der Waals surface area contributed by atoms with Crippen LogP contribution in [0.2, 0.25) is 0 Å². The van der Waals surface area contributed by atoms with Crippen molar-refractivity contribution in [1.82, 2.24) is 25.4 Å². The van der Waals surface area contributed by atoms with Crippen LogP contribution in [-0.4, -0.2) is 81.2 Å². The van der Waals surface area contributed by atoms with E-state index in [1.807, 2.05) is 27.2 Å². The molecule has 0 aliphatic carbocycles. The van der Waals surface area contributed by atoms with Crippen LogP contribution in [0.3, 0.4) is 0 Å². The Morgan fingerprint density at radius 2 is 2.00 bits per heavy atom. The number of carbonyl (C=O) groups is 1. The van der Waals surface area contributed by atoms with Crippen molar-refractivity contribution in [3.8, 4) is 0 Å². The summed E-state index contributed by atoms with van der Waals surface area (Å²) in [5, 5.41) is 4.56. The third-order valence-electron chi connectivity index (χ3n) is 8.09. The summed E-state index contributed by atoms with van der Waals surface area (Å²) in [4.78, 5) is 20.5. The molecule has 2 heterocycles. The lowest BCUT2D eigenvalue weighted by Crippen LogP contribution is -2.50. The summed E-state index contributed by atoms with van der Waals surface area (Å²) in [7, 11) is 9.29. The van der Waals surface area contributed by atoms with Crippen molar-refractivity contribution in [1.29, 1.82) is 0 Å². The van der Waals surface area contributed by atoms with Crippen LogP contribution in [0.1, 0.15) is 57.4 Å². The number of methoxy groups -OCH3 is 1. The number of nitrogens with one attached hydrogen (secondary N) is 2. The third kappa shape index (κ3) is 7.85. The molecule has 2 N–H and O–H groups in total. The lowest BCUT2D eigenvalue weighted by Gasteiger charge is -2.29. The molecule has 238 valence electrons. The van der Waals surface area contributed by atoms with Crippen LogP contribution < -0.4 is 10.9 Å². The number of esters is 1. The van der Waals surface area contributed by atoms with Gasteiger partial charge in [0, 0.05) is 68.8 Å². The molecule has 9 nitrogen and oxygen atoms in total. The molecule has 10 heteroatoms. The summed E-state index contributed by atoms with van der Waals surface area (Å²) >= 11 is 4.49. The Kier molecular flexibility index (Phi) is 12.4. The van der Waals surface area contributed by atoms with E-state index in [9.17, 15) is 4.79 Å². The third-order valence-corrected chi connectivity index (χ3v) is 8.33. The minimum atomic E-state index is -0.363. The number of ether oxygens (including phenoxy) is 2. The number of nitrogens with zero attached hydrogens (tertiary/aromatic N) is 3. The number of likely N-dealkylation sites (N-methyl/N-ethyl adjacent to an activating group) is 1.